The lowest BCUT2D eigenvalue weighted by atomic mass is 9.86. The Morgan fingerprint density at radius 3 is 2.64 bits per heavy atom. The van der Waals surface area contributed by atoms with Gasteiger partial charge in [-0.2, -0.15) is 0 Å². The number of nitrogens with one attached hydrogen (secondary N) is 1. The molecule has 0 aliphatic carbocycles. The molecule has 0 aromatic heterocycles. The summed E-state index contributed by atoms with van der Waals surface area (Å²) in [5.41, 5.74) is 2.15. The van der Waals surface area contributed by atoms with Gasteiger partial charge < -0.3 is 15.0 Å². The summed E-state index contributed by atoms with van der Waals surface area (Å²) < 4.78 is 5.37. The molecule has 6 nitrogen and oxygen atoms in total. The smallest absolute Gasteiger partial charge is 0.237 e. The monoisotopic (exact) mass is 345 g/mol. The van der Waals surface area contributed by atoms with Gasteiger partial charge in [-0.3, -0.25) is 14.5 Å². The van der Waals surface area contributed by atoms with Crippen LogP contribution in [0.15, 0.2) is 18.2 Å². The third-order valence-corrected chi connectivity index (χ3v) is 5.02. The molecule has 2 aliphatic rings. The van der Waals surface area contributed by atoms with Crippen LogP contribution in [0.5, 0.6) is 0 Å². The first kappa shape index (κ1) is 17.9. The summed E-state index contributed by atoms with van der Waals surface area (Å²) in [6.45, 7) is 10.6. The summed E-state index contributed by atoms with van der Waals surface area (Å²) in [5, 5.41) is 2.81. The first-order valence-electron chi connectivity index (χ1n) is 8.94. The Bertz CT molecular complexity index is 666. The maximum Gasteiger partial charge on any atom is 0.237 e. The number of ether oxygens (including phenoxy) is 1. The van der Waals surface area contributed by atoms with Crippen molar-refractivity contribution >= 4 is 23.2 Å². The molecule has 1 fully saturated rings. The van der Waals surface area contributed by atoms with Gasteiger partial charge in [0.25, 0.3) is 0 Å². The van der Waals surface area contributed by atoms with Crippen LogP contribution in [-0.2, 0) is 19.7 Å². The van der Waals surface area contributed by atoms with Gasteiger partial charge in [0.2, 0.25) is 11.8 Å². The molecule has 25 heavy (non-hydrogen) atoms. The van der Waals surface area contributed by atoms with E-state index in [9.17, 15) is 9.59 Å². The highest BCUT2D eigenvalue weighted by atomic mass is 16.5. The Morgan fingerprint density at radius 1 is 1.24 bits per heavy atom. The molecule has 1 aromatic rings. The summed E-state index contributed by atoms with van der Waals surface area (Å²) in [7, 11) is 0. The van der Waals surface area contributed by atoms with Crippen LogP contribution in [-0.4, -0.2) is 56.1 Å². The van der Waals surface area contributed by atoms with E-state index in [-0.39, 0.29) is 11.8 Å². The minimum Gasteiger partial charge on any atom is -0.379 e. The second-order valence-corrected chi connectivity index (χ2v) is 7.30. The Hall–Kier alpha value is -1.92. The lowest BCUT2D eigenvalue weighted by Gasteiger charge is -2.27. The molecule has 6 heteroatoms. The predicted molar refractivity (Wildman–Crippen MR) is 98.0 cm³/mol. The first-order chi connectivity index (χ1) is 11.9. The number of benzene rings is 1. The highest BCUT2D eigenvalue weighted by molar-refractivity contribution is 6.08. The maximum absolute atomic E-state index is 12.9. The van der Waals surface area contributed by atoms with Crippen molar-refractivity contribution < 1.29 is 14.3 Å². The van der Waals surface area contributed by atoms with Crippen LogP contribution in [0.3, 0.4) is 0 Å². The molecule has 0 spiro atoms. The van der Waals surface area contributed by atoms with E-state index in [4.69, 9.17) is 4.74 Å². The van der Waals surface area contributed by atoms with Crippen molar-refractivity contribution in [3.05, 3.63) is 23.8 Å². The zero-order chi connectivity index (χ0) is 18.0. The quantitative estimate of drug-likeness (QED) is 0.887. The van der Waals surface area contributed by atoms with E-state index in [1.165, 1.54) is 6.92 Å². The predicted octanol–water partition coefficient (Wildman–Crippen LogP) is 1.99. The molecule has 0 bridgehead atoms. The third-order valence-electron chi connectivity index (χ3n) is 5.02. The Labute approximate surface area is 149 Å². The highest BCUT2D eigenvalue weighted by Crippen LogP contribution is 2.42. The number of hydrogen-bond acceptors (Lipinski definition) is 4. The fraction of sp³-hybridized carbons (Fsp3) is 0.579. The zero-order valence-corrected chi connectivity index (χ0v) is 15.3. The van der Waals surface area contributed by atoms with Gasteiger partial charge in [-0.1, -0.05) is 6.07 Å². The molecular weight excluding hydrogens is 318 g/mol. The lowest BCUT2D eigenvalue weighted by molar-refractivity contribution is -0.122. The van der Waals surface area contributed by atoms with E-state index in [1.807, 2.05) is 36.9 Å². The van der Waals surface area contributed by atoms with E-state index in [2.05, 4.69) is 10.2 Å². The van der Waals surface area contributed by atoms with Crippen LogP contribution in [0.1, 0.15) is 32.8 Å². The molecule has 0 unspecified atom stereocenters. The number of hydrogen-bond donors (Lipinski definition) is 1. The lowest BCUT2D eigenvalue weighted by Crippen LogP contribution is -2.40. The normalized spacial score (nSPS) is 19.8. The standard InChI is InChI=1S/C19H27N3O3/c1-14(23)20-15-5-6-16-17(13-15)22(18(24)19(16,2)3)8-4-7-21-9-11-25-12-10-21/h5-6,13H,4,7-12H2,1-3H3,(H,20,23). The van der Waals surface area contributed by atoms with Crippen molar-refractivity contribution in [2.24, 2.45) is 0 Å². The van der Waals surface area contributed by atoms with Gasteiger partial charge >= 0.3 is 0 Å². The summed E-state index contributed by atoms with van der Waals surface area (Å²) in [6, 6.07) is 5.74. The molecule has 3 rings (SSSR count). The number of fused-ring (bicyclic) bond motifs is 1. The van der Waals surface area contributed by atoms with Gasteiger partial charge in [-0.05, 0) is 38.0 Å². The topological polar surface area (TPSA) is 61.9 Å². The second kappa shape index (κ2) is 7.14. The van der Waals surface area contributed by atoms with Gasteiger partial charge in [-0.25, -0.2) is 0 Å². The number of carbonyl (C=O) groups is 2. The molecule has 0 saturated carbocycles. The van der Waals surface area contributed by atoms with Crippen molar-refractivity contribution in [3.8, 4) is 0 Å². The fourth-order valence-corrected chi connectivity index (χ4v) is 3.63. The van der Waals surface area contributed by atoms with Gasteiger partial charge in [-0.15, -0.1) is 0 Å². The number of nitrogens with zero attached hydrogens (tertiary/aromatic N) is 2. The molecule has 2 heterocycles. The minimum absolute atomic E-state index is 0.109. The van der Waals surface area contributed by atoms with Crippen LogP contribution in [0.4, 0.5) is 11.4 Å². The minimum atomic E-state index is -0.525. The average molecular weight is 345 g/mol. The molecule has 2 amide bonds. The molecule has 2 aliphatic heterocycles. The molecule has 1 aromatic carbocycles. The second-order valence-electron chi connectivity index (χ2n) is 7.30. The molecule has 136 valence electrons. The summed E-state index contributed by atoms with van der Waals surface area (Å²) in [5.74, 6) is 0.0202. The van der Waals surface area contributed by atoms with Crippen LogP contribution in [0.25, 0.3) is 0 Å². The summed E-state index contributed by atoms with van der Waals surface area (Å²) in [6.07, 6.45) is 0.922. The number of rotatable bonds is 5. The number of carbonyl (C=O) groups excluding carboxylic acids is 2. The van der Waals surface area contributed by atoms with Crippen molar-refractivity contribution in [3.63, 3.8) is 0 Å². The number of anilines is 2. The molecule has 0 radical (unpaired) electrons. The van der Waals surface area contributed by atoms with E-state index in [0.717, 1.165) is 56.2 Å². The molecule has 1 saturated heterocycles. The third kappa shape index (κ3) is 3.70. The van der Waals surface area contributed by atoms with Crippen LogP contribution in [0.2, 0.25) is 0 Å². The molecule has 1 N–H and O–H groups in total. The van der Waals surface area contributed by atoms with E-state index in [1.54, 1.807) is 0 Å². The Kier molecular flexibility index (Phi) is 5.11. The van der Waals surface area contributed by atoms with Crippen molar-refractivity contribution in [1.82, 2.24) is 4.90 Å². The van der Waals surface area contributed by atoms with Gasteiger partial charge in [0.15, 0.2) is 0 Å². The van der Waals surface area contributed by atoms with Crippen molar-refractivity contribution in [2.45, 2.75) is 32.6 Å². The van der Waals surface area contributed by atoms with Gasteiger partial charge in [0.05, 0.1) is 18.6 Å². The van der Waals surface area contributed by atoms with Crippen LogP contribution >= 0.6 is 0 Å². The zero-order valence-electron chi connectivity index (χ0n) is 15.3. The van der Waals surface area contributed by atoms with E-state index >= 15 is 0 Å². The van der Waals surface area contributed by atoms with Crippen LogP contribution < -0.4 is 10.2 Å². The van der Waals surface area contributed by atoms with E-state index < -0.39 is 5.41 Å². The SMILES string of the molecule is CC(=O)Nc1ccc2c(c1)N(CCCN1CCOCC1)C(=O)C2(C)C. The van der Waals surface area contributed by atoms with Gasteiger partial charge in [0.1, 0.15) is 0 Å². The van der Waals surface area contributed by atoms with E-state index in [0.29, 0.717) is 6.54 Å². The molecule has 0 atom stereocenters. The number of morpholine rings is 1. The van der Waals surface area contributed by atoms with Crippen molar-refractivity contribution in [2.75, 3.05) is 49.6 Å². The fourth-order valence-electron chi connectivity index (χ4n) is 3.63. The summed E-state index contributed by atoms with van der Waals surface area (Å²) in [4.78, 5) is 28.5. The van der Waals surface area contributed by atoms with Crippen LogP contribution in [0, 0.1) is 0 Å². The Balaban J connectivity index is 1.73. The number of amides is 2. The Morgan fingerprint density at radius 2 is 1.96 bits per heavy atom. The average Bonchev–Trinajstić information content (AvgIpc) is 2.76. The molecular formula is C19H27N3O3. The summed E-state index contributed by atoms with van der Waals surface area (Å²) >= 11 is 0. The van der Waals surface area contributed by atoms with Gasteiger partial charge in [0, 0.05) is 44.5 Å². The largest absolute Gasteiger partial charge is 0.379 e. The highest BCUT2D eigenvalue weighted by Gasteiger charge is 2.43. The maximum atomic E-state index is 12.9. The van der Waals surface area contributed by atoms with Crippen molar-refractivity contribution in [1.29, 1.82) is 0 Å². The first-order valence-corrected chi connectivity index (χ1v) is 8.94.